The van der Waals surface area contributed by atoms with Gasteiger partial charge in [0, 0.05) is 19.0 Å². The maximum Gasteiger partial charge on any atom is 0.220 e. The first-order valence-electron chi connectivity index (χ1n) is 8.47. The second kappa shape index (κ2) is 7.97. The summed E-state index contributed by atoms with van der Waals surface area (Å²) in [7, 11) is 1.65. The second-order valence-corrected chi connectivity index (χ2v) is 6.11. The van der Waals surface area contributed by atoms with Crippen LogP contribution in [-0.2, 0) is 17.6 Å². The van der Waals surface area contributed by atoms with Crippen molar-refractivity contribution in [1.82, 2.24) is 10.6 Å². The molecule has 4 nitrogen and oxygen atoms in total. The SMILES string of the molecule is COc1cccc(CCC(=O)NCC2NCCc3ccccc32)c1. The van der Waals surface area contributed by atoms with Gasteiger partial charge in [-0.15, -0.1) is 0 Å². The van der Waals surface area contributed by atoms with E-state index >= 15 is 0 Å². The van der Waals surface area contributed by atoms with Crippen molar-refractivity contribution in [1.29, 1.82) is 0 Å². The predicted molar refractivity (Wildman–Crippen MR) is 95.2 cm³/mol. The maximum absolute atomic E-state index is 12.2. The predicted octanol–water partition coefficient (Wildman–Crippen LogP) is 2.63. The van der Waals surface area contributed by atoms with Gasteiger partial charge in [0.15, 0.2) is 0 Å². The normalized spacial score (nSPS) is 16.3. The largest absolute Gasteiger partial charge is 0.497 e. The molecule has 24 heavy (non-hydrogen) atoms. The van der Waals surface area contributed by atoms with Gasteiger partial charge in [-0.1, -0.05) is 36.4 Å². The molecular formula is C20H24N2O2. The standard InChI is InChI=1S/C20H24N2O2/c1-24-17-7-4-5-15(13-17)9-10-20(23)22-14-19-18-8-3-2-6-16(18)11-12-21-19/h2-8,13,19,21H,9-12,14H2,1H3,(H,22,23). The van der Waals surface area contributed by atoms with Gasteiger partial charge in [0.2, 0.25) is 5.91 Å². The summed E-state index contributed by atoms with van der Waals surface area (Å²) < 4.78 is 5.21. The van der Waals surface area contributed by atoms with E-state index in [1.54, 1.807) is 7.11 Å². The van der Waals surface area contributed by atoms with Crippen LogP contribution in [-0.4, -0.2) is 26.1 Å². The second-order valence-electron chi connectivity index (χ2n) is 6.11. The van der Waals surface area contributed by atoms with Crippen molar-refractivity contribution >= 4 is 5.91 Å². The number of hydrogen-bond donors (Lipinski definition) is 2. The zero-order valence-corrected chi connectivity index (χ0v) is 14.0. The highest BCUT2D eigenvalue weighted by molar-refractivity contribution is 5.76. The number of benzene rings is 2. The number of amides is 1. The fraction of sp³-hybridized carbons (Fsp3) is 0.350. The van der Waals surface area contributed by atoms with Gasteiger partial charge in [0.1, 0.15) is 5.75 Å². The Kier molecular flexibility index (Phi) is 5.49. The highest BCUT2D eigenvalue weighted by Gasteiger charge is 2.19. The average Bonchev–Trinajstić information content (AvgIpc) is 2.64. The van der Waals surface area contributed by atoms with E-state index in [1.165, 1.54) is 11.1 Å². The van der Waals surface area contributed by atoms with Crippen LogP contribution in [0, 0.1) is 0 Å². The first-order chi connectivity index (χ1) is 11.8. The molecule has 0 aromatic heterocycles. The number of ether oxygens (including phenoxy) is 1. The van der Waals surface area contributed by atoms with Crippen molar-refractivity contribution in [3.05, 3.63) is 65.2 Å². The van der Waals surface area contributed by atoms with Crippen LogP contribution in [0.15, 0.2) is 48.5 Å². The van der Waals surface area contributed by atoms with Crippen LogP contribution in [0.5, 0.6) is 5.75 Å². The van der Waals surface area contributed by atoms with Gasteiger partial charge in [0.25, 0.3) is 0 Å². The zero-order valence-electron chi connectivity index (χ0n) is 14.0. The molecule has 0 saturated carbocycles. The van der Waals surface area contributed by atoms with Crippen molar-refractivity contribution in [3.8, 4) is 5.75 Å². The van der Waals surface area contributed by atoms with Gasteiger partial charge in [-0.05, 0) is 48.2 Å². The molecule has 1 atom stereocenters. The lowest BCUT2D eigenvalue weighted by Gasteiger charge is -2.27. The summed E-state index contributed by atoms with van der Waals surface area (Å²) in [6.45, 7) is 1.59. The molecule has 2 aromatic rings. The number of methoxy groups -OCH3 is 1. The zero-order chi connectivity index (χ0) is 16.8. The fourth-order valence-corrected chi connectivity index (χ4v) is 3.17. The summed E-state index contributed by atoms with van der Waals surface area (Å²) in [6.07, 6.45) is 2.26. The number of carbonyl (C=O) groups is 1. The topological polar surface area (TPSA) is 50.4 Å². The van der Waals surface area contributed by atoms with Gasteiger partial charge in [-0.25, -0.2) is 0 Å². The summed E-state index contributed by atoms with van der Waals surface area (Å²) in [6, 6.07) is 16.5. The molecule has 2 N–H and O–H groups in total. The quantitative estimate of drug-likeness (QED) is 0.859. The lowest BCUT2D eigenvalue weighted by atomic mass is 9.94. The molecule has 0 radical (unpaired) electrons. The Morgan fingerprint density at radius 1 is 1.25 bits per heavy atom. The summed E-state index contributed by atoms with van der Waals surface area (Å²) in [5.74, 6) is 0.915. The summed E-state index contributed by atoms with van der Waals surface area (Å²) in [5.41, 5.74) is 3.80. The molecule has 0 spiro atoms. The Bertz CT molecular complexity index is 700. The van der Waals surface area contributed by atoms with Crippen LogP contribution >= 0.6 is 0 Å². The van der Waals surface area contributed by atoms with Crippen molar-refractivity contribution < 1.29 is 9.53 Å². The molecule has 0 bridgehead atoms. The minimum atomic E-state index is 0.0858. The molecule has 0 saturated heterocycles. The van der Waals surface area contributed by atoms with Crippen LogP contribution in [0.3, 0.4) is 0 Å². The van der Waals surface area contributed by atoms with Crippen molar-refractivity contribution in [2.75, 3.05) is 20.2 Å². The first-order valence-corrected chi connectivity index (χ1v) is 8.47. The number of hydrogen-bond acceptors (Lipinski definition) is 3. The van der Waals surface area contributed by atoms with E-state index < -0.39 is 0 Å². The summed E-state index contributed by atoms with van der Waals surface area (Å²) in [4.78, 5) is 12.2. The molecule has 2 aromatic carbocycles. The van der Waals surface area contributed by atoms with E-state index in [2.05, 4.69) is 34.9 Å². The van der Waals surface area contributed by atoms with Gasteiger partial charge >= 0.3 is 0 Å². The van der Waals surface area contributed by atoms with E-state index in [4.69, 9.17) is 4.74 Å². The van der Waals surface area contributed by atoms with Crippen LogP contribution in [0.1, 0.15) is 29.2 Å². The van der Waals surface area contributed by atoms with Crippen LogP contribution in [0.2, 0.25) is 0 Å². The van der Waals surface area contributed by atoms with E-state index in [0.29, 0.717) is 13.0 Å². The highest BCUT2D eigenvalue weighted by Crippen LogP contribution is 2.21. The third kappa shape index (κ3) is 4.15. The van der Waals surface area contributed by atoms with Gasteiger partial charge in [-0.2, -0.15) is 0 Å². The summed E-state index contributed by atoms with van der Waals surface area (Å²) in [5, 5.41) is 6.55. The lowest BCUT2D eigenvalue weighted by molar-refractivity contribution is -0.121. The smallest absolute Gasteiger partial charge is 0.220 e. The minimum absolute atomic E-state index is 0.0858. The van der Waals surface area contributed by atoms with Crippen molar-refractivity contribution in [3.63, 3.8) is 0 Å². The number of fused-ring (bicyclic) bond motifs is 1. The number of nitrogens with one attached hydrogen (secondary N) is 2. The third-order valence-electron chi connectivity index (χ3n) is 4.49. The molecule has 1 heterocycles. The van der Waals surface area contributed by atoms with Gasteiger partial charge < -0.3 is 15.4 Å². The molecular weight excluding hydrogens is 300 g/mol. The minimum Gasteiger partial charge on any atom is -0.497 e. The van der Waals surface area contributed by atoms with Crippen molar-refractivity contribution in [2.45, 2.75) is 25.3 Å². The molecule has 1 unspecified atom stereocenters. The Hall–Kier alpha value is -2.33. The highest BCUT2D eigenvalue weighted by atomic mass is 16.5. The Balaban J connectivity index is 1.49. The van der Waals surface area contributed by atoms with Crippen LogP contribution < -0.4 is 15.4 Å². The average molecular weight is 324 g/mol. The van der Waals surface area contributed by atoms with E-state index in [9.17, 15) is 4.79 Å². The Morgan fingerprint density at radius 2 is 2.12 bits per heavy atom. The van der Waals surface area contributed by atoms with Gasteiger partial charge in [-0.3, -0.25) is 4.79 Å². The molecule has 4 heteroatoms. The van der Waals surface area contributed by atoms with Crippen LogP contribution in [0.25, 0.3) is 0 Å². The van der Waals surface area contributed by atoms with Crippen molar-refractivity contribution in [2.24, 2.45) is 0 Å². The number of rotatable bonds is 6. The number of aryl methyl sites for hydroxylation is 1. The monoisotopic (exact) mass is 324 g/mol. The molecule has 0 fully saturated rings. The third-order valence-corrected chi connectivity index (χ3v) is 4.49. The maximum atomic E-state index is 12.2. The molecule has 3 rings (SSSR count). The van der Waals surface area contributed by atoms with Gasteiger partial charge in [0.05, 0.1) is 7.11 Å². The Morgan fingerprint density at radius 3 is 3.00 bits per heavy atom. The molecule has 1 aliphatic rings. The number of carbonyl (C=O) groups excluding carboxylic acids is 1. The van der Waals surface area contributed by atoms with E-state index in [1.807, 2.05) is 24.3 Å². The Labute approximate surface area is 143 Å². The van der Waals surface area contributed by atoms with E-state index in [0.717, 1.165) is 30.7 Å². The first kappa shape index (κ1) is 16.5. The summed E-state index contributed by atoms with van der Waals surface area (Å²) >= 11 is 0. The molecule has 1 amide bonds. The lowest BCUT2D eigenvalue weighted by Crippen LogP contribution is -2.38. The fourth-order valence-electron chi connectivity index (χ4n) is 3.17. The molecule has 0 aliphatic carbocycles. The van der Waals surface area contributed by atoms with E-state index in [-0.39, 0.29) is 11.9 Å². The van der Waals surface area contributed by atoms with Crippen LogP contribution in [0.4, 0.5) is 0 Å². The molecule has 126 valence electrons. The molecule has 1 aliphatic heterocycles.